The molecule has 0 radical (unpaired) electrons. The van der Waals surface area contributed by atoms with Crippen molar-refractivity contribution in [3.05, 3.63) is 177 Å². The normalized spacial score (nSPS) is 15.7. The molecule has 0 aromatic heterocycles. The molecule has 14 rings (SSSR count). The van der Waals surface area contributed by atoms with Crippen LogP contribution in [0.15, 0.2) is 121 Å². The second kappa shape index (κ2) is 8.76. The Bertz CT molecular complexity index is 2620. The largest absolute Gasteiger partial charge is 0.310 e. The standard InChI is InChI=1S/C47H30B2N2/c1-3-13-34(14-4-1)48(35-15-5-2-6-16-35)40-36-24-30-11-7-9-28-22-32-19-17-26-21-27-18-20-33-23-29-10-8-12-31-25-37(40)47-41-46(36)50(42(28)30)44(32)38(26)49(41)39(27)45(33)51(47)43(29)31/h1-20H,21-25H2. The molecule has 0 aliphatic carbocycles. The molecule has 7 aromatic rings. The first-order valence-corrected chi connectivity index (χ1v) is 18.7. The molecular formula is C47H30B2N2. The van der Waals surface area contributed by atoms with Gasteiger partial charge in [0.05, 0.1) is 11.4 Å². The van der Waals surface area contributed by atoms with Crippen molar-refractivity contribution in [2.24, 2.45) is 0 Å². The smallest absolute Gasteiger partial charge is 0.252 e. The van der Waals surface area contributed by atoms with E-state index in [1.165, 1.54) is 95.0 Å². The lowest BCUT2D eigenvalue weighted by molar-refractivity contribution is 0.983. The van der Waals surface area contributed by atoms with E-state index < -0.39 is 0 Å². The van der Waals surface area contributed by atoms with Crippen LogP contribution in [0.3, 0.4) is 0 Å². The molecule has 7 aromatic carbocycles. The van der Waals surface area contributed by atoms with Crippen LogP contribution in [0.1, 0.15) is 55.6 Å². The van der Waals surface area contributed by atoms with Gasteiger partial charge in [0, 0.05) is 48.4 Å². The predicted molar refractivity (Wildman–Crippen MR) is 212 cm³/mol. The highest BCUT2D eigenvalue weighted by Gasteiger charge is 2.54. The zero-order valence-electron chi connectivity index (χ0n) is 28.1. The molecule has 0 unspecified atom stereocenters. The summed E-state index contributed by atoms with van der Waals surface area (Å²) in [4.78, 5) is 5.60. The molecule has 7 aliphatic rings. The predicted octanol–water partition coefficient (Wildman–Crippen LogP) is 5.81. The van der Waals surface area contributed by atoms with Crippen molar-refractivity contribution in [1.29, 1.82) is 0 Å². The molecule has 0 fully saturated rings. The topological polar surface area (TPSA) is 6.48 Å². The molecule has 0 atom stereocenters. The van der Waals surface area contributed by atoms with Crippen LogP contribution in [-0.2, 0) is 32.1 Å². The summed E-state index contributed by atoms with van der Waals surface area (Å²) in [6.07, 6.45) is 4.96. The zero-order chi connectivity index (χ0) is 32.7. The molecule has 0 N–H and O–H groups in total. The van der Waals surface area contributed by atoms with E-state index in [4.69, 9.17) is 0 Å². The van der Waals surface area contributed by atoms with Crippen LogP contribution in [-0.4, -0.2) is 13.4 Å². The minimum absolute atomic E-state index is 0.119. The Morgan fingerprint density at radius 2 is 0.765 bits per heavy atom. The fourth-order valence-electron chi connectivity index (χ4n) is 11.9. The van der Waals surface area contributed by atoms with E-state index in [0.717, 1.165) is 32.1 Å². The average Bonchev–Trinajstić information content (AvgIpc) is 3.18. The molecule has 0 spiro atoms. The summed E-state index contributed by atoms with van der Waals surface area (Å²) in [6.45, 7) is 0.386. The third kappa shape index (κ3) is 2.93. The molecule has 0 bridgehead atoms. The maximum absolute atomic E-state index is 2.80. The molecule has 51 heavy (non-hydrogen) atoms. The first-order chi connectivity index (χ1) is 25.3. The zero-order valence-corrected chi connectivity index (χ0v) is 28.1. The van der Waals surface area contributed by atoms with Crippen molar-refractivity contribution in [3.8, 4) is 0 Å². The van der Waals surface area contributed by atoms with Gasteiger partial charge in [0.25, 0.3) is 6.71 Å². The SMILES string of the molecule is c1ccc(B(c2ccccc2)c2c3c4c5c6c2Cc2cccc7c2N6c2c(ccc6c2B5c2c(ccc5c2N4c2c(cccc2C3)C5)C6)C7)cc1. The maximum atomic E-state index is 2.80. The van der Waals surface area contributed by atoms with E-state index in [-0.39, 0.29) is 13.4 Å². The Morgan fingerprint density at radius 3 is 1.25 bits per heavy atom. The van der Waals surface area contributed by atoms with Gasteiger partial charge in [-0.1, -0.05) is 138 Å². The van der Waals surface area contributed by atoms with Crippen LogP contribution in [0.2, 0.25) is 0 Å². The van der Waals surface area contributed by atoms with Crippen molar-refractivity contribution in [2.45, 2.75) is 32.1 Å². The van der Waals surface area contributed by atoms with Gasteiger partial charge < -0.3 is 9.80 Å². The number of nitrogens with zero attached hydrogens (tertiary/aromatic N) is 2. The minimum Gasteiger partial charge on any atom is -0.310 e. The van der Waals surface area contributed by atoms with Gasteiger partial charge in [0.2, 0.25) is 6.71 Å². The van der Waals surface area contributed by atoms with Crippen molar-refractivity contribution >= 4 is 80.3 Å². The Labute approximate surface area is 298 Å². The molecule has 4 heteroatoms. The van der Waals surface area contributed by atoms with Crippen molar-refractivity contribution in [1.82, 2.24) is 0 Å². The maximum Gasteiger partial charge on any atom is 0.252 e. The highest BCUT2D eigenvalue weighted by molar-refractivity contribution is 7.02. The van der Waals surface area contributed by atoms with Crippen LogP contribution in [0.4, 0.5) is 34.1 Å². The summed E-state index contributed by atoms with van der Waals surface area (Å²) >= 11 is 0. The van der Waals surface area contributed by atoms with E-state index in [9.17, 15) is 0 Å². The monoisotopic (exact) mass is 644 g/mol. The molecule has 234 valence electrons. The summed E-state index contributed by atoms with van der Waals surface area (Å²) in [7, 11) is 0. The third-order valence-electron chi connectivity index (χ3n) is 13.6. The van der Waals surface area contributed by atoms with Gasteiger partial charge in [-0.15, -0.1) is 0 Å². The molecule has 0 saturated heterocycles. The first kappa shape index (κ1) is 26.1. The average molecular weight is 644 g/mol. The van der Waals surface area contributed by atoms with E-state index in [1.807, 2.05) is 0 Å². The summed E-state index contributed by atoms with van der Waals surface area (Å²) < 4.78 is 0. The van der Waals surface area contributed by atoms with Crippen LogP contribution >= 0.6 is 0 Å². The molecule has 0 amide bonds. The van der Waals surface area contributed by atoms with E-state index in [2.05, 4.69) is 131 Å². The number of anilines is 6. The minimum atomic E-state index is 0.119. The van der Waals surface area contributed by atoms with Crippen LogP contribution in [0.5, 0.6) is 0 Å². The summed E-state index contributed by atoms with van der Waals surface area (Å²) in [6, 6.07) is 47.0. The Hall–Kier alpha value is -5.73. The van der Waals surface area contributed by atoms with E-state index in [1.54, 1.807) is 27.5 Å². The van der Waals surface area contributed by atoms with Crippen molar-refractivity contribution in [3.63, 3.8) is 0 Å². The fraction of sp³-hybridized carbons (Fsp3) is 0.106. The summed E-state index contributed by atoms with van der Waals surface area (Å²) in [5.41, 5.74) is 32.9. The van der Waals surface area contributed by atoms with Gasteiger partial charge in [0.15, 0.2) is 0 Å². The summed E-state index contributed by atoms with van der Waals surface area (Å²) in [5, 5.41) is 0. The number of rotatable bonds is 3. The van der Waals surface area contributed by atoms with E-state index >= 15 is 0 Å². The molecule has 0 saturated carbocycles. The van der Waals surface area contributed by atoms with Gasteiger partial charge in [-0.3, -0.25) is 0 Å². The fourth-order valence-corrected chi connectivity index (χ4v) is 11.9. The first-order valence-electron chi connectivity index (χ1n) is 18.7. The van der Waals surface area contributed by atoms with Crippen LogP contribution < -0.4 is 42.6 Å². The Kier molecular flexibility index (Phi) is 4.49. The van der Waals surface area contributed by atoms with Gasteiger partial charge in [-0.2, -0.15) is 0 Å². The lowest BCUT2D eigenvalue weighted by Gasteiger charge is -2.55. The van der Waals surface area contributed by atoms with Gasteiger partial charge in [-0.25, -0.2) is 0 Å². The highest BCUT2D eigenvalue weighted by atomic mass is 15.2. The van der Waals surface area contributed by atoms with Crippen molar-refractivity contribution in [2.75, 3.05) is 9.80 Å². The number of para-hydroxylation sites is 2. The third-order valence-corrected chi connectivity index (χ3v) is 13.6. The Balaban J connectivity index is 1.22. The lowest BCUT2D eigenvalue weighted by Crippen LogP contribution is -2.68. The molecule has 7 heterocycles. The highest BCUT2D eigenvalue weighted by Crippen LogP contribution is 2.58. The van der Waals surface area contributed by atoms with Gasteiger partial charge in [-0.05, 0) is 78.4 Å². The lowest BCUT2D eigenvalue weighted by atomic mass is 9.28. The van der Waals surface area contributed by atoms with Crippen LogP contribution in [0, 0.1) is 0 Å². The quantitative estimate of drug-likeness (QED) is 0.225. The molecule has 7 aliphatic heterocycles. The van der Waals surface area contributed by atoms with E-state index in [0.29, 0.717) is 0 Å². The second-order valence-corrected chi connectivity index (χ2v) is 15.9. The molecule has 2 nitrogen and oxygen atoms in total. The number of benzene rings is 7. The molecular weight excluding hydrogens is 614 g/mol. The summed E-state index contributed by atoms with van der Waals surface area (Å²) in [5.74, 6) is 0. The van der Waals surface area contributed by atoms with Gasteiger partial charge in [0.1, 0.15) is 0 Å². The second-order valence-electron chi connectivity index (χ2n) is 15.9. The number of hydrogen-bond donors (Lipinski definition) is 0. The Morgan fingerprint density at radius 1 is 0.353 bits per heavy atom. The van der Waals surface area contributed by atoms with Gasteiger partial charge >= 0.3 is 0 Å². The van der Waals surface area contributed by atoms with Crippen LogP contribution in [0.25, 0.3) is 0 Å². The number of hydrogen-bond acceptors (Lipinski definition) is 2. The van der Waals surface area contributed by atoms with Crippen molar-refractivity contribution < 1.29 is 0 Å².